The molecule has 0 aliphatic carbocycles. The molecule has 33 heavy (non-hydrogen) atoms. The Bertz CT molecular complexity index is 1150. The van der Waals surface area contributed by atoms with Gasteiger partial charge in [-0.15, -0.1) is 5.10 Å². The van der Waals surface area contributed by atoms with Crippen molar-refractivity contribution >= 4 is 17.9 Å². The van der Waals surface area contributed by atoms with E-state index < -0.39 is 35.0 Å². The molecule has 1 amide bonds. The van der Waals surface area contributed by atoms with Crippen LogP contribution in [-0.4, -0.2) is 25.7 Å². The van der Waals surface area contributed by atoms with E-state index in [1.165, 1.54) is 0 Å². The molecule has 13 heteroatoms. The van der Waals surface area contributed by atoms with Gasteiger partial charge in [-0.2, -0.15) is 26.3 Å². The van der Waals surface area contributed by atoms with Crippen LogP contribution in [0.3, 0.4) is 0 Å². The van der Waals surface area contributed by atoms with Gasteiger partial charge in [0.25, 0.3) is 5.91 Å². The number of halogens is 6. The fourth-order valence-electron chi connectivity index (χ4n) is 2.78. The molecule has 7 nitrogen and oxygen atoms in total. The summed E-state index contributed by atoms with van der Waals surface area (Å²) in [4.78, 5) is 19.9. The van der Waals surface area contributed by atoms with E-state index >= 15 is 0 Å². The SMILES string of the molecule is Cc1cc(C)nc(NNC(=O)/C=C\n2cnc(-c3cc(C(F)(F)F)cc(C(F)(F)F)c3)n2)c1. The lowest BCUT2D eigenvalue weighted by Gasteiger charge is -2.13. The summed E-state index contributed by atoms with van der Waals surface area (Å²) in [6.07, 6.45) is -6.80. The molecule has 0 atom stereocenters. The number of rotatable bonds is 5. The number of benzene rings is 1. The zero-order valence-corrected chi connectivity index (χ0v) is 17.1. The smallest absolute Gasteiger partial charge is 0.282 e. The first-order valence-corrected chi connectivity index (χ1v) is 9.22. The highest BCUT2D eigenvalue weighted by Crippen LogP contribution is 2.38. The summed E-state index contributed by atoms with van der Waals surface area (Å²) < 4.78 is 79.1. The Morgan fingerprint density at radius 2 is 1.61 bits per heavy atom. The predicted molar refractivity (Wildman–Crippen MR) is 106 cm³/mol. The van der Waals surface area contributed by atoms with Crippen molar-refractivity contribution in [3.05, 3.63) is 65.1 Å². The van der Waals surface area contributed by atoms with E-state index in [1.807, 2.05) is 13.0 Å². The highest BCUT2D eigenvalue weighted by Gasteiger charge is 2.37. The number of hydrogen-bond donors (Lipinski definition) is 2. The molecule has 0 spiro atoms. The standard InChI is InChI=1S/C20H16F6N6O/c1-11-5-12(2)28-16(6-11)29-30-17(33)3-4-32-10-27-18(31-32)13-7-14(19(21,22)23)9-15(8-13)20(24,25)26/h3-10H,1-2H3,(H,28,29)(H,30,33)/b4-3-. The van der Waals surface area contributed by atoms with Gasteiger partial charge in [0.1, 0.15) is 12.1 Å². The first kappa shape index (κ1) is 23.8. The summed E-state index contributed by atoms with van der Waals surface area (Å²) in [6.45, 7) is 3.64. The number of nitrogens with zero attached hydrogens (tertiary/aromatic N) is 4. The van der Waals surface area contributed by atoms with Crippen molar-refractivity contribution in [2.45, 2.75) is 26.2 Å². The monoisotopic (exact) mass is 470 g/mol. The number of hydrogen-bond acceptors (Lipinski definition) is 5. The largest absolute Gasteiger partial charge is 0.416 e. The number of pyridine rings is 1. The maximum atomic E-state index is 13.0. The van der Waals surface area contributed by atoms with Gasteiger partial charge in [0.15, 0.2) is 5.82 Å². The quantitative estimate of drug-likeness (QED) is 0.323. The number of amides is 1. The van der Waals surface area contributed by atoms with Crippen molar-refractivity contribution < 1.29 is 31.1 Å². The molecule has 0 aliphatic rings. The number of alkyl halides is 6. The molecule has 0 saturated carbocycles. The first-order chi connectivity index (χ1) is 15.3. The Kier molecular flexibility index (Phi) is 6.42. The van der Waals surface area contributed by atoms with Crippen molar-refractivity contribution in [1.82, 2.24) is 25.2 Å². The molecule has 174 valence electrons. The lowest BCUT2D eigenvalue weighted by molar-refractivity contribution is -0.143. The Labute approximate surface area is 183 Å². The maximum absolute atomic E-state index is 13.0. The third-order valence-electron chi connectivity index (χ3n) is 4.14. The average Bonchev–Trinajstić information content (AvgIpc) is 3.17. The van der Waals surface area contributed by atoms with Crippen LogP contribution < -0.4 is 10.9 Å². The van der Waals surface area contributed by atoms with Crippen LogP contribution in [-0.2, 0) is 17.1 Å². The number of carbonyl (C=O) groups excluding carboxylic acids is 1. The van der Waals surface area contributed by atoms with Gasteiger partial charge < -0.3 is 0 Å². The summed E-state index contributed by atoms with van der Waals surface area (Å²) in [7, 11) is 0. The minimum atomic E-state index is -4.99. The van der Waals surface area contributed by atoms with E-state index in [9.17, 15) is 31.1 Å². The van der Waals surface area contributed by atoms with Crippen molar-refractivity contribution in [3.63, 3.8) is 0 Å². The molecule has 0 saturated heterocycles. The van der Waals surface area contributed by atoms with E-state index in [4.69, 9.17) is 0 Å². The molecular weight excluding hydrogens is 454 g/mol. The van der Waals surface area contributed by atoms with Gasteiger partial charge in [0, 0.05) is 23.5 Å². The van der Waals surface area contributed by atoms with E-state index in [-0.39, 0.29) is 11.9 Å². The topological polar surface area (TPSA) is 84.7 Å². The summed E-state index contributed by atoms with van der Waals surface area (Å²) in [5.41, 5.74) is 3.20. The fourth-order valence-corrected chi connectivity index (χ4v) is 2.78. The summed E-state index contributed by atoms with van der Waals surface area (Å²) in [6, 6.07) is 4.60. The van der Waals surface area contributed by atoms with Gasteiger partial charge in [-0.05, 0) is 49.7 Å². The molecular formula is C20H16F6N6O. The van der Waals surface area contributed by atoms with Crippen LogP contribution in [0, 0.1) is 13.8 Å². The van der Waals surface area contributed by atoms with Crippen molar-refractivity contribution in [2.24, 2.45) is 0 Å². The Morgan fingerprint density at radius 1 is 0.970 bits per heavy atom. The Morgan fingerprint density at radius 3 is 2.18 bits per heavy atom. The van der Waals surface area contributed by atoms with Crippen LogP contribution >= 0.6 is 0 Å². The van der Waals surface area contributed by atoms with E-state index in [1.54, 1.807) is 13.0 Å². The molecule has 0 unspecified atom stereocenters. The van der Waals surface area contributed by atoms with Crippen molar-refractivity contribution in [1.29, 1.82) is 0 Å². The molecule has 1 aromatic carbocycles. The van der Waals surface area contributed by atoms with E-state index in [0.717, 1.165) is 34.5 Å². The number of carbonyl (C=O) groups is 1. The second kappa shape index (κ2) is 8.92. The third kappa shape index (κ3) is 6.30. The molecule has 2 aromatic heterocycles. The molecule has 0 radical (unpaired) electrons. The second-order valence-corrected chi connectivity index (χ2v) is 6.94. The van der Waals surface area contributed by atoms with Gasteiger partial charge in [-0.1, -0.05) is 0 Å². The van der Waals surface area contributed by atoms with Gasteiger partial charge >= 0.3 is 12.4 Å². The van der Waals surface area contributed by atoms with Gasteiger partial charge in [-0.3, -0.25) is 15.6 Å². The number of aromatic nitrogens is 4. The van der Waals surface area contributed by atoms with Gasteiger partial charge in [-0.25, -0.2) is 14.6 Å². The van der Waals surface area contributed by atoms with Crippen LogP contribution in [0.1, 0.15) is 22.4 Å². The minimum absolute atomic E-state index is 0.0162. The molecule has 3 rings (SSSR count). The molecule has 0 fully saturated rings. The van der Waals surface area contributed by atoms with E-state index in [2.05, 4.69) is 25.9 Å². The Balaban J connectivity index is 1.75. The van der Waals surface area contributed by atoms with Gasteiger partial charge in [0.2, 0.25) is 0 Å². The lowest BCUT2D eigenvalue weighted by Crippen LogP contribution is -2.28. The summed E-state index contributed by atoms with van der Waals surface area (Å²) >= 11 is 0. The molecule has 2 heterocycles. The fraction of sp³-hybridized carbons (Fsp3) is 0.200. The van der Waals surface area contributed by atoms with Crippen molar-refractivity contribution in [3.8, 4) is 11.4 Å². The molecule has 3 aromatic rings. The molecule has 2 N–H and O–H groups in total. The normalized spacial score (nSPS) is 12.2. The third-order valence-corrected chi connectivity index (χ3v) is 4.14. The number of anilines is 1. The number of aryl methyl sites for hydroxylation is 2. The van der Waals surface area contributed by atoms with E-state index in [0.29, 0.717) is 18.0 Å². The summed E-state index contributed by atoms with van der Waals surface area (Å²) in [5, 5.41) is 3.81. The predicted octanol–water partition coefficient (Wildman–Crippen LogP) is 4.61. The number of nitrogens with one attached hydrogen (secondary N) is 2. The van der Waals surface area contributed by atoms with Crippen LogP contribution in [0.5, 0.6) is 0 Å². The maximum Gasteiger partial charge on any atom is 0.416 e. The number of hydrazine groups is 1. The van der Waals surface area contributed by atoms with Gasteiger partial charge in [0.05, 0.1) is 11.1 Å². The minimum Gasteiger partial charge on any atom is -0.282 e. The molecule has 0 aliphatic heterocycles. The highest BCUT2D eigenvalue weighted by atomic mass is 19.4. The molecule has 0 bridgehead atoms. The zero-order valence-electron chi connectivity index (χ0n) is 17.1. The Hall–Kier alpha value is -3.90. The van der Waals surface area contributed by atoms with Crippen molar-refractivity contribution in [2.75, 3.05) is 5.43 Å². The highest BCUT2D eigenvalue weighted by molar-refractivity contribution is 5.90. The first-order valence-electron chi connectivity index (χ1n) is 9.22. The summed E-state index contributed by atoms with van der Waals surface area (Å²) in [5.74, 6) is -0.594. The van der Waals surface area contributed by atoms with Crippen LogP contribution in [0.25, 0.3) is 17.6 Å². The zero-order chi connectivity index (χ0) is 24.4. The lowest BCUT2D eigenvalue weighted by atomic mass is 10.0. The second-order valence-electron chi connectivity index (χ2n) is 6.94. The average molecular weight is 470 g/mol. The van der Waals surface area contributed by atoms with Crippen LogP contribution in [0.2, 0.25) is 0 Å². The van der Waals surface area contributed by atoms with Crippen LogP contribution in [0.4, 0.5) is 32.2 Å². The van der Waals surface area contributed by atoms with Crippen LogP contribution in [0.15, 0.2) is 42.7 Å².